The molecule has 1 aliphatic heterocycles. The molecule has 6 heteroatoms. The molecular weight excluding hydrogens is 354 g/mol. The highest BCUT2D eigenvalue weighted by Crippen LogP contribution is 2.17. The Hall–Kier alpha value is -3.41. The largest absolute Gasteiger partial charge is 0.472 e. The van der Waals surface area contributed by atoms with Crippen LogP contribution in [0.5, 0.6) is 0 Å². The van der Waals surface area contributed by atoms with Gasteiger partial charge >= 0.3 is 0 Å². The third-order valence-corrected chi connectivity index (χ3v) is 4.97. The van der Waals surface area contributed by atoms with Gasteiger partial charge in [-0.3, -0.25) is 14.6 Å². The van der Waals surface area contributed by atoms with Gasteiger partial charge in [0.2, 0.25) is 5.91 Å². The molecule has 1 aromatic carbocycles. The smallest absolute Gasteiger partial charge is 0.257 e. The molecule has 0 aliphatic carbocycles. The van der Waals surface area contributed by atoms with Crippen molar-refractivity contribution >= 4 is 28.8 Å². The molecule has 0 unspecified atom stereocenters. The molecule has 1 aliphatic rings. The molecule has 0 atom stereocenters. The van der Waals surface area contributed by atoms with E-state index in [2.05, 4.69) is 10.3 Å². The van der Waals surface area contributed by atoms with Gasteiger partial charge in [0.05, 0.1) is 17.3 Å². The number of carbonyl (C=O) groups is 2. The summed E-state index contributed by atoms with van der Waals surface area (Å²) in [5, 5.41) is 4.07. The highest BCUT2D eigenvalue weighted by atomic mass is 16.3. The number of hydrogen-bond donors (Lipinski definition) is 1. The van der Waals surface area contributed by atoms with Gasteiger partial charge in [-0.15, -0.1) is 0 Å². The van der Waals surface area contributed by atoms with Crippen LogP contribution in [0.25, 0.3) is 17.0 Å². The third kappa shape index (κ3) is 3.96. The van der Waals surface area contributed by atoms with E-state index >= 15 is 0 Å². The van der Waals surface area contributed by atoms with Gasteiger partial charge in [-0.05, 0) is 31.1 Å². The van der Waals surface area contributed by atoms with Crippen molar-refractivity contribution in [2.24, 2.45) is 0 Å². The Morgan fingerprint density at radius 1 is 1.14 bits per heavy atom. The van der Waals surface area contributed by atoms with E-state index in [9.17, 15) is 9.59 Å². The zero-order chi connectivity index (χ0) is 19.3. The number of piperidine rings is 1. The molecule has 2 amide bonds. The minimum atomic E-state index is -0.132. The van der Waals surface area contributed by atoms with Crippen LogP contribution < -0.4 is 5.32 Å². The fourth-order valence-corrected chi connectivity index (χ4v) is 3.47. The van der Waals surface area contributed by atoms with Gasteiger partial charge < -0.3 is 14.6 Å². The standard InChI is InChI=1S/C22H21N3O3/c26-20(7-6-17-4-1-3-16-5-2-11-23-21(16)17)24-19-8-12-25(13-9-19)22(27)18-10-14-28-15-18/h1-7,10-11,14-15,19H,8-9,12-13H2,(H,24,26)/b7-6+. The predicted octanol–water partition coefficient (Wildman–Crippen LogP) is 3.26. The number of nitrogens with one attached hydrogen (secondary N) is 1. The number of hydrogen-bond acceptors (Lipinski definition) is 4. The van der Waals surface area contributed by atoms with Crippen molar-refractivity contribution in [2.75, 3.05) is 13.1 Å². The van der Waals surface area contributed by atoms with Crippen molar-refractivity contribution in [3.63, 3.8) is 0 Å². The van der Waals surface area contributed by atoms with E-state index < -0.39 is 0 Å². The molecular formula is C22H21N3O3. The number of amides is 2. The summed E-state index contributed by atoms with van der Waals surface area (Å²) in [5.74, 6) is -0.158. The second kappa shape index (κ2) is 8.08. The highest BCUT2D eigenvalue weighted by Gasteiger charge is 2.24. The Bertz CT molecular complexity index is 998. The van der Waals surface area contributed by atoms with Crippen molar-refractivity contribution in [3.8, 4) is 0 Å². The molecule has 0 radical (unpaired) electrons. The average Bonchev–Trinajstić information content (AvgIpc) is 3.27. The van der Waals surface area contributed by atoms with Crippen molar-refractivity contribution in [3.05, 3.63) is 72.3 Å². The molecule has 6 nitrogen and oxygen atoms in total. The van der Waals surface area contributed by atoms with Gasteiger partial charge in [-0.1, -0.05) is 24.3 Å². The van der Waals surface area contributed by atoms with E-state index in [-0.39, 0.29) is 17.9 Å². The first-order chi connectivity index (χ1) is 13.7. The summed E-state index contributed by atoms with van der Waals surface area (Å²) in [6.07, 6.45) is 9.52. The first kappa shape index (κ1) is 18.0. The van der Waals surface area contributed by atoms with Crippen LogP contribution in [-0.2, 0) is 4.79 Å². The van der Waals surface area contributed by atoms with Crippen LogP contribution in [0, 0.1) is 0 Å². The van der Waals surface area contributed by atoms with Crippen LogP contribution in [0.15, 0.2) is 65.6 Å². The molecule has 4 rings (SSSR count). The van der Waals surface area contributed by atoms with Gasteiger partial charge in [-0.2, -0.15) is 0 Å². The van der Waals surface area contributed by atoms with Gasteiger partial charge in [0.25, 0.3) is 5.91 Å². The maximum Gasteiger partial charge on any atom is 0.257 e. The third-order valence-electron chi connectivity index (χ3n) is 4.97. The van der Waals surface area contributed by atoms with Crippen LogP contribution >= 0.6 is 0 Å². The molecule has 1 saturated heterocycles. The van der Waals surface area contributed by atoms with Crippen molar-refractivity contribution in [2.45, 2.75) is 18.9 Å². The van der Waals surface area contributed by atoms with E-state index in [0.717, 1.165) is 29.3 Å². The second-order valence-electron chi connectivity index (χ2n) is 6.84. The van der Waals surface area contributed by atoms with E-state index in [0.29, 0.717) is 18.7 Å². The predicted molar refractivity (Wildman–Crippen MR) is 107 cm³/mol. The highest BCUT2D eigenvalue weighted by molar-refractivity contribution is 5.96. The number of pyridine rings is 1. The van der Waals surface area contributed by atoms with E-state index in [1.165, 1.54) is 12.5 Å². The lowest BCUT2D eigenvalue weighted by Gasteiger charge is -2.32. The lowest BCUT2D eigenvalue weighted by Crippen LogP contribution is -2.46. The zero-order valence-electron chi connectivity index (χ0n) is 15.4. The monoisotopic (exact) mass is 375 g/mol. The molecule has 2 aromatic heterocycles. The summed E-state index contributed by atoms with van der Waals surface area (Å²) in [6, 6.07) is 11.5. The number of benzene rings is 1. The molecule has 28 heavy (non-hydrogen) atoms. The van der Waals surface area contributed by atoms with Crippen molar-refractivity contribution < 1.29 is 14.0 Å². The molecule has 0 saturated carbocycles. The molecule has 3 aromatic rings. The van der Waals surface area contributed by atoms with E-state index in [1.807, 2.05) is 30.3 Å². The second-order valence-corrected chi connectivity index (χ2v) is 6.84. The summed E-state index contributed by atoms with van der Waals surface area (Å²) in [6.45, 7) is 1.23. The average molecular weight is 375 g/mol. The number of aromatic nitrogens is 1. The maximum atomic E-state index is 12.3. The first-order valence-corrected chi connectivity index (χ1v) is 9.34. The molecule has 0 bridgehead atoms. The number of para-hydroxylation sites is 1. The maximum absolute atomic E-state index is 12.3. The molecule has 0 spiro atoms. The van der Waals surface area contributed by atoms with Crippen LogP contribution in [0.2, 0.25) is 0 Å². The number of nitrogens with zero attached hydrogens (tertiary/aromatic N) is 2. The van der Waals surface area contributed by atoms with Gasteiger partial charge in [0, 0.05) is 42.4 Å². The van der Waals surface area contributed by atoms with Crippen LogP contribution in [0.1, 0.15) is 28.8 Å². The Morgan fingerprint density at radius 3 is 2.75 bits per heavy atom. The van der Waals surface area contributed by atoms with Crippen LogP contribution in [-0.4, -0.2) is 40.8 Å². The summed E-state index contributed by atoms with van der Waals surface area (Å²) >= 11 is 0. The zero-order valence-corrected chi connectivity index (χ0v) is 15.4. The van der Waals surface area contributed by atoms with Crippen LogP contribution in [0.4, 0.5) is 0 Å². The first-order valence-electron chi connectivity index (χ1n) is 9.34. The van der Waals surface area contributed by atoms with Crippen LogP contribution in [0.3, 0.4) is 0 Å². The summed E-state index contributed by atoms with van der Waals surface area (Å²) in [5.41, 5.74) is 2.35. The topological polar surface area (TPSA) is 75.4 Å². The number of likely N-dealkylation sites (tertiary alicyclic amines) is 1. The quantitative estimate of drug-likeness (QED) is 0.710. The molecule has 3 heterocycles. The number of furan rings is 1. The number of rotatable bonds is 4. The number of carbonyl (C=O) groups excluding carboxylic acids is 2. The lowest BCUT2D eigenvalue weighted by molar-refractivity contribution is -0.117. The van der Waals surface area contributed by atoms with Crippen molar-refractivity contribution in [1.82, 2.24) is 15.2 Å². The Kier molecular flexibility index (Phi) is 5.19. The SMILES string of the molecule is O=C(/C=C/c1cccc2cccnc12)NC1CCN(C(=O)c2ccoc2)CC1. The molecule has 1 fully saturated rings. The summed E-state index contributed by atoms with van der Waals surface area (Å²) in [4.78, 5) is 30.8. The Morgan fingerprint density at radius 2 is 1.96 bits per heavy atom. The summed E-state index contributed by atoms with van der Waals surface area (Å²) < 4.78 is 4.97. The van der Waals surface area contributed by atoms with Gasteiger partial charge in [-0.25, -0.2) is 0 Å². The minimum absolute atomic E-state index is 0.0260. The van der Waals surface area contributed by atoms with E-state index in [4.69, 9.17) is 4.42 Å². The lowest BCUT2D eigenvalue weighted by atomic mass is 10.0. The minimum Gasteiger partial charge on any atom is -0.472 e. The van der Waals surface area contributed by atoms with Gasteiger partial charge in [0.1, 0.15) is 6.26 Å². The van der Waals surface area contributed by atoms with Gasteiger partial charge in [0.15, 0.2) is 0 Å². The Labute approximate surface area is 162 Å². The molecule has 142 valence electrons. The fraction of sp³-hybridized carbons (Fsp3) is 0.227. The normalized spacial score (nSPS) is 15.2. The van der Waals surface area contributed by atoms with Crippen molar-refractivity contribution in [1.29, 1.82) is 0 Å². The molecule has 1 N–H and O–H groups in total. The number of fused-ring (bicyclic) bond motifs is 1. The Balaban J connectivity index is 1.32. The van der Waals surface area contributed by atoms with E-state index in [1.54, 1.807) is 29.3 Å². The summed E-state index contributed by atoms with van der Waals surface area (Å²) in [7, 11) is 0. The fourth-order valence-electron chi connectivity index (χ4n) is 3.47.